The van der Waals surface area contributed by atoms with Crippen LogP contribution in [0.4, 0.5) is 5.69 Å². The van der Waals surface area contributed by atoms with Gasteiger partial charge in [0.1, 0.15) is 0 Å². The Balaban J connectivity index is 3.09. The fourth-order valence-electron chi connectivity index (χ4n) is 0.935. The van der Waals surface area contributed by atoms with Crippen LogP contribution in [-0.4, -0.2) is 0 Å². The van der Waals surface area contributed by atoms with Gasteiger partial charge in [-0.1, -0.05) is 28.1 Å². The number of hydrogen-bond donors (Lipinski definition) is 1. The third-order valence-electron chi connectivity index (χ3n) is 1.50. The lowest BCUT2D eigenvalue weighted by Crippen LogP contribution is -1.93. The summed E-state index contributed by atoms with van der Waals surface area (Å²) in [6.07, 6.45) is 2.66. The van der Waals surface area contributed by atoms with E-state index in [1.807, 2.05) is 24.3 Å². The smallest absolute Gasteiger partial charge is 0.0361 e. The van der Waals surface area contributed by atoms with Gasteiger partial charge in [-0.2, -0.15) is 0 Å². The number of hydrogen-bond acceptors (Lipinski definition) is 1. The second kappa shape index (κ2) is 3.58. The Morgan fingerprint density at radius 2 is 2.27 bits per heavy atom. The predicted molar refractivity (Wildman–Crippen MR) is 52.5 cm³/mol. The minimum Gasteiger partial charge on any atom is -0.398 e. The van der Waals surface area contributed by atoms with E-state index in [4.69, 9.17) is 5.73 Å². The molecule has 0 heterocycles. The zero-order valence-corrected chi connectivity index (χ0v) is 7.76. The molecule has 58 valence electrons. The fourth-order valence-corrected chi connectivity index (χ4v) is 1.48. The van der Waals surface area contributed by atoms with E-state index in [-0.39, 0.29) is 0 Å². The van der Waals surface area contributed by atoms with Crippen molar-refractivity contribution >= 4 is 21.6 Å². The van der Waals surface area contributed by atoms with Crippen molar-refractivity contribution in [1.82, 2.24) is 0 Å². The third kappa shape index (κ3) is 1.84. The number of allylic oxidation sites excluding steroid dienone is 1. The number of halogens is 1. The van der Waals surface area contributed by atoms with Crippen LogP contribution in [0.2, 0.25) is 0 Å². The minimum atomic E-state index is 0.813. The molecule has 0 fully saturated rings. The van der Waals surface area contributed by atoms with Crippen molar-refractivity contribution in [2.75, 3.05) is 5.73 Å². The topological polar surface area (TPSA) is 26.0 Å². The number of nitrogens with two attached hydrogens (primary N) is 1. The molecule has 1 aromatic carbocycles. The van der Waals surface area contributed by atoms with E-state index in [0.717, 1.165) is 22.1 Å². The highest BCUT2D eigenvalue weighted by molar-refractivity contribution is 9.10. The first-order valence-corrected chi connectivity index (χ1v) is 4.18. The summed E-state index contributed by atoms with van der Waals surface area (Å²) in [4.78, 5) is 0. The molecule has 11 heavy (non-hydrogen) atoms. The second-order valence-corrected chi connectivity index (χ2v) is 3.15. The molecular formula is C9H10BrN. The van der Waals surface area contributed by atoms with Crippen LogP contribution < -0.4 is 5.73 Å². The molecule has 0 bridgehead atoms. The molecule has 2 N–H and O–H groups in total. The van der Waals surface area contributed by atoms with Crippen molar-refractivity contribution in [3.8, 4) is 0 Å². The lowest BCUT2D eigenvalue weighted by molar-refractivity contribution is 1.26. The van der Waals surface area contributed by atoms with Crippen molar-refractivity contribution < 1.29 is 0 Å². The fraction of sp³-hybridized carbons (Fsp3) is 0.111. The van der Waals surface area contributed by atoms with Crippen LogP contribution in [0.3, 0.4) is 0 Å². The Morgan fingerprint density at radius 1 is 1.55 bits per heavy atom. The largest absolute Gasteiger partial charge is 0.398 e. The van der Waals surface area contributed by atoms with Crippen molar-refractivity contribution in [3.05, 3.63) is 40.9 Å². The van der Waals surface area contributed by atoms with Gasteiger partial charge in [-0.25, -0.2) is 0 Å². The molecule has 0 spiro atoms. The van der Waals surface area contributed by atoms with E-state index in [9.17, 15) is 0 Å². The van der Waals surface area contributed by atoms with Crippen molar-refractivity contribution in [2.24, 2.45) is 0 Å². The predicted octanol–water partition coefficient (Wildman–Crippen LogP) is 2.76. The normalized spacial score (nSPS) is 9.55. The number of anilines is 1. The molecule has 1 rings (SSSR count). The first-order valence-electron chi connectivity index (χ1n) is 3.39. The van der Waals surface area contributed by atoms with Crippen LogP contribution in [0.5, 0.6) is 0 Å². The average Bonchev–Trinajstić information content (AvgIpc) is 1.97. The van der Waals surface area contributed by atoms with Crippen LogP contribution in [0.25, 0.3) is 0 Å². The first-order chi connectivity index (χ1) is 5.25. The quantitative estimate of drug-likeness (QED) is 0.592. The average molecular weight is 212 g/mol. The standard InChI is InChI=1S/C9H10BrN/c1-2-4-7-8(10)5-3-6-9(7)11/h2-3,5-6H,1,4,11H2. The first kappa shape index (κ1) is 8.34. The highest BCUT2D eigenvalue weighted by Crippen LogP contribution is 2.22. The summed E-state index contributed by atoms with van der Waals surface area (Å²) < 4.78 is 1.05. The van der Waals surface area contributed by atoms with Gasteiger partial charge >= 0.3 is 0 Å². The summed E-state index contributed by atoms with van der Waals surface area (Å²) in [5.41, 5.74) is 7.66. The summed E-state index contributed by atoms with van der Waals surface area (Å²) in [6.45, 7) is 3.66. The minimum absolute atomic E-state index is 0.813. The van der Waals surface area contributed by atoms with Gasteiger partial charge in [0.25, 0.3) is 0 Å². The monoisotopic (exact) mass is 211 g/mol. The van der Waals surface area contributed by atoms with E-state index in [0.29, 0.717) is 0 Å². The Bertz CT molecular complexity index is 248. The van der Waals surface area contributed by atoms with E-state index >= 15 is 0 Å². The Morgan fingerprint density at radius 3 is 2.82 bits per heavy atom. The van der Waals surface area contributed by atoms with Crippen molar-refractivity contribution in [1.29, 1.82) is 0 Å². The zero-order chi connectivity index (χ0) is 8.27. The van der Waals surface area contributed by atoms with Crippen LogP contribution >= 0.6 is 15.9 Å². The molecule has 1 nitrogen and oxygen atoms in total. The molecule has 0 atom stereocenters. The van der Waals surface area contributed by atoms with Gasteiger partial charge < -0.3 is 5.73 Å². The molecule has 0 amide bonds. The number of benzene rings is 1. The van der Waals surface area contributed by atoms with E-state index in [1.54, 1.807) is 0 Å². The molecule has 0 aliphatic rings. The van der Waals surface area contributed by atoms with Gasteiger partial charge in [0.15, 0.2) is 0 Å². The Hall–Kier alpha value is -0.760. The molecule has 0 radical (unpaired) electrons. The SMILES string of the molecule is C=CCc1c(N)cccc1Br. The molecule has 0 aliphatic heterocycles. The maximum atomic E-state index is 5.73. The number of nitrogen functional groups attached to an aromatic ring is 1. The summed E-state index contributed by atoms with van der Waals surface area (Å²) in [6, 6.07) is 5.80. The zero-order valence-electron chi connectivity index (χ0n) is 6.18. The maximum absolute atomic E-state index is 5.73. The maximum Gasteiger partial charge on any atom is 0.0361 e. The molecule has 0 aliphatic carbocycles. The lowest BCUT2D eigenvalue weighted by atomic mass is 10.1. The van der Waals surface area contributed by atoms with Gasteiger partial charge in [-0.05, 0) is 24.1 Å². The highest BCUT2D eigenvalue weighted by atomic mass is 79.9. The molecule has 0 aromatic heterocycles. The molecular weight excluding hydrogens is 202 g/mol. The summed E-state index contributed by atoms with van der Waals surface area (Å²) in [5.74, 6) is 0. The van der Waals surface area contributed by atoms with Gasteiger partial charge in [-0.3, -0.25) is 0 Å². The van der Waals surface area contributed by atoms with Crippen molar-refractivity contribution in [3.63, 3.8) is 0 Å². The van der Waals surface area contributed by atoms with Crippen LogP contribution in [-0.2, 0) is 6.42 Å². The number of rotatable bonds is 2. The lowest BCUT2D eigenvalue weighted by Gasteiger charge is -2.03. The molecule has 0 saturated heterocycles. The summed E-state index contributed by atoms with van der Waals surface area (Å²) >= 11 is 3.42. The molecule has 0 unspecified atom stereocenters. The Kier molecular flexibility index (Phi) is 2.71. The summed E-state index contributed by atoms with van der Waals surface area (Å²) in [7, 11) is 0. The third-order valence-corrected chi connectivity index (χ3v) is 2.25. The van der Waals surface area contributed by atoms with Crippen LogP contribution in [0.1, 0.15) is 5.56 Å². The van der Waals surface area contributed by atoms with Gasteiger partial charge in [0.05, 0.1) is 0 Å². The Labute approximate surface area is 75.0 Å². The van der Waals surface area contributed by atoms with E-state index in [1.165, 1.54) is 0 Å². The second-order valence-electron chi connectivity index (χ2n) is 2.30. The van der Waals surface area contributed by atoms with E-state index in [2.05, 4.69) is 22.5 Å². The molecule has 0 saturated carbocycles. The molecule has 2 heteroatoms. The van der Waals surface area contributed by atoms with Gasteiger partial charge in [-0.15, -0.1) is 6.58 Å². The molecule has 1 aromatic rings. The van der Waals surface area contributed by atoms with Crippen molar-refractivity contribution in [2.45, 2.75) is 6.42 Å². The van der Waals surface area contributed by atoms with Gasteiger partial charge in [0.2, 0.25) is 0 Å². The van der Waals surface area contributed by atoms with Gasteiger partial charge in [0, 0.05) is 10.2 Å². The van der Waals surface area contributed by atoms with Crippen LogP contribution in [0.15, 0.2) is 35.3 Å². The summed E-state index contributed by atoms with van der Waals surface area (Å²) in [5, 5.41) is 0. The van der Waals surface area contributed by atoms with Crippen LogP contribution in [0, 0.1) is 0 Å². The van der Waals surface area contributed by atoms with E-state index < -0.39 is 0 Å². The highest BCUT2D eigenvalue weighted by Gasteiger charge is 1.99.